The van der Waals surface area contributed by atoms with E-state index in [0.29, 0.717) is 17.8 Å². The SMILES string of the molecule is CNc1ccc(Cc2ccc(NC)c(C(=O)O)c2)cc1C(=O)O. The van der Waals surface area contributed by atoms with E-state index in [0.717, 1.165) is 11.1 Å². The van der Waals surface area contributed by atoms with E-state index in [4.69, 9.17) is 0 Å². The number of aromatic carboxylic acids is 2. The third kappa shape index (κ3) is 3.60. The molecule has 0 heterocycles. The van der Waals surface area contributed by atoms with Crippen molar-refractivity contribution < 1.29 is 19.8 Å². The highest BCUT2D eigenvalue weighted by Crippen LogP contribution is 2.22. The minimum Gasteiger partial charge on any atom is -0.478 e. The molecule has 0 saturated heterocycles. The van der Waals surface area contributed by atoms with E-state index in [-0.39, 0.29) is 11.1 Å². The Bertz CT molecular complexity index is 693. The van der Waals surface area contributed by atoms with Crippen molar-refractivity contribution in [2.45, 2.75) is 6.42 Å². The average molecular weight is 314 g/mol. The molecule has 0 aliphatic rings. The van der Waals surface area contributed by atoms with Crippen LogP contribution in [0.3, 0.4) is 0 Å². The van der Waals surface area contributed by atoms with Crippen molar-refractivity contribution in [3.63, 3.8) is 0 Å². The molecule has 120 valence electrons. The fourth-order valence-corrected chi connectivity index (χ4v) is 2.43. The first kappa shape index (κ1) is 16.4. The van der Waals surface area contributed by atoms with Gasteiger partial charge in [0.05, 0.1) is 11.1 Å². The summed E-state index contributed by atoms with van der Waals surface area (Å²) in [5.41, 5.74) is 3.06. The van der Waals surface area contributed by atoms with Gasteiger partial charge in [-0.05, 0) is 41.8 Å². The van der Waals surface area contributed by atoms with E-state index >= 15 is 0 Å². The van der Waals surface area contributed by atoms with Crippen molar-refractivity contribution in [3.8, 4) is 0 Å². The molecule has 0 bridgehead atoms. The van der Waals surface area contributed by atoms with E-state index in [9.17, 15) is 19.8 Å². The Morgan fingerprint density at radius 2 is 1.22 bits per heavy atom. The molecule has 0 spiro atoms. The Labute approximate surface area is 133 Å². The Balaban J connectivity index is 2.36. The second-order valence-corrected chi connectivity index (χ2v) is 5.05. The molecule has 0 aromatic heterocycles. The minimum atomic E-state index is -1.01. The molecule has 0 atom stereocenters. The number of benzene rings is 2. The average Bonchev–Trinajstić information content (AvgIpc) is 2.54. The third-order valence-electron chi connectivity index (χ3n) is 3.58. The highest BCUT2D eigenvalue weighted by atomic mass is 16.4. The Morgan fingerprint density at radius 3 is 1.52 bits per heavy atom. The predicted molar refractivity (Wildman–Crippen MR) is 88.7 cm³/mol. The molecule has 2 rings (SSSR count). The van der Waals surface area contributed by atoms with Gasteiger partial charge in [-0.1, -0.05) is 12.1 Å². The van der Waals surface area contributed by atoms with Gasteiger partial charge in [-0.2, -0.15) is 0 Å². The second-order valence-electron chi connectivity index (χ2n) is 5.05. The summed E-state index contributed by atoms with van der Waals surface area (Å²) in [5.74, 6) is -2.01. The topological polar surface area (TPSA) is 98.7 Å². The molecule has 23 heavy (non-hydrogen) atoms. The van der Waals surface area contributed by atoms with Crippen LogP contribution in [0.25, 0.3) is 0 Å². The van der Waals surface area contributed by atoms with Gasteiger partial charge in [-0.15, -0.1) is 0 Å². The van der Waals surface area contributed by atoms with Crippen molar-refractivity contribution in [2.24, 2.45) is 0 Å². The van der Waals surface area contributed by atoms with Crippen LogP contribution in [0.5, 0.6) is 0 Å². The molecule has 0 radical (unpaired) electrons. The maximum atomic E-state index is 11.3. The molecule has 2 aromatic rings. The quantitative estimate of drug-likeness (QED) is 0.654. The summed E-state index contributed by atoms with van der Waals surface area (Å²) in [4.78, 5) is 22.6. The van der Waals surface area contributed by atoms with Gasteiger partial charge in [0.15, 0.2) is 0 Å². The van der Waals surface area contributed by atoms with E-state index in [2.05, 4.69) is 10.6 Å². The maximum absolute atomic E-state index is 11.3. The number of carboxylic acids is 2. The van der Waals surface area contributed by atoms with Crippen LogP contribution in [0.1, 0.15) is 31.8 Å². The van der Waals surface area contributed by atoms with Gasteiger partial charge in [-0.3, -0.25) is 0 Å². The summed E-state index contributed by atoms with van der Waals surface area (Å²) in [7, 11) is 3.33. The van der Waals surface area contributed by atoms with Gasteiger partial charge in [0.25, 0.3) is 0 Å². The van der Waals surface area contributed by atoms with Crippen molar-refractivity contribution in [2.75, 3.05) is 24.7 Å². The zero-order chi connectivity index (χ0) is 17.0. The van der Waals surface area contributed by atoms with Gasteiger partial charge in [0, 0.05) is 25.5 Å². The predicted octanol–water partition coefficient (Wildman–Crippen LogP) is 2.76. The summed E-state index contributed by atoms with van der Waals surface area (Å²) in [6, 6.07) is 10.3. The third-order valence-corrected chi connectivity index (χ3v) is 3.58. The molecular weight excluding hydrogens is 296 g/mol. The van der Waals surface area contributed by atoms with Crippen LogP contribution >= 0.6 is 0 Å². The van der Waals surface area contributed by atoms with Crippen molar-refractivity contribution >= 4 is 23.3 Å². The van der Waals surface area contributed by atoms with Crippen LogP contribution in [-0.2, 0) is 6.42 Å². The molecule has 0 unspecified atom stereocenters. The lowest BCUT2D eigenvalue weighted by Gasteiger charge is -2.10. The van der Waals surface area contributed by atoms with Crippen LogP contribution in [0.4, 0.5) is 11.4 Å². The Morgan fingerprint density at radius 1 is 0.826 bits per heavy atom. The van der Waals surface area contributed by atoms with Crippen LogP contribution in [0.15, 0.2) is 36.4 Å². The first-order valence-corrected chi connectivity index (χ1v) is 7.04. The maximum Gasteiger partial charge on any atom is 0.337 e. The molecule has 6 heteroatoms. The molecule has 0 aliphatic carbocycles. The van der Waals surface area contributed by atoms with Gasteiger partial charge in [-0.25, -0.2) is 9.59 Å². The Kier molecular flexibility index (Phi) is 4.85. The van der Waals surface area contributed by atoms with Crippen LogP contribution in [0.2, 0.25) is 0 Å². The highest BCUT2D eigenvalue weighted by Gasteiger charge is 2.13. The standard InChI is InChI=1S/C17H18N2O4/c1-18-14-5-3-10(8-12(14)16(20)21)7-11-4-6-15(19-2)13(9-11)17(22)23/h3-6,8-9,18-19H,7H2,1-2H3,(H,20,21)(H,22,23). The zero-order valence-electron chi connectivity index (χ0n) is 12.9. The smallest absolute Gasteiger partial charge is 0.337 e. The fraction of sp³-hybridized carbons (Fsp3) is 0.176. The number of carbonyl (C=O) groups is 2. The molecule has 0 fully saturated rings. The first-order valence-electron chi connectivity index (χ1n) is 7.04. The van der Waals surface area contributed by atoms with E-state index in [1.54, 1.807) is 38.4 Å². The molecule has 0 saturated carbocycles. The molecule has 6 nitrogen and oxygen atoms in total. The van der Waals surface area contributed by atoms with Crippen molar-refractivity contribution in [3.05, 3.63) is 58.7 Å². The van der Waals surface area contributed by atoms with Gasteiger partial charge < -0.3 is 20.8 Å². The van der Waals surface area contributed by atoms with Crippen LogP contribution in [-0.4, -0.2) is 36.2 Å². The highest BCUT2D eigenvalue weighted by molar-refractivity contribution is 5.95. The number of hydrogen-bond acceptors (Lipinski definition) is 4. The van der Waals surface area contributed by atoms with Crippen LogP contribution in [0, 0.1) is 0 Å². The molecule has 4 N–H and O–H groups in total. The summed E-state index contributed by atoms with van der Waals surface area (Å²) in [6.45, 7) is 0. The number of rotatable bonds is 6. The normalized spacial score (nSPS) is 10.2. The summed E-state index contributed by atoms with van der Waals surface area (Å²) in [5, 5.41) is 24.2. The fourth-order valence-electron chi connectivity index (χ4n) is 2.43. The first-order chi connectivity index (χ1) is 11.0. The molecular formula is C17H18N2O4. The summed E-state index contributed by atoms with van der Waals surface area (Å²) in [6.07, 6.45) is 0.453. The van der Waals surface area contributed by atoms with Gasteiger partial charge in [0.2, 0.25) is 0 Å². The molecule has 0 aliphatic heterocycles. The summed E-state index contributed by atoms with van der Waals surface area (Å²) >= 11 is 0. The van der Waals surface area contributed by atoms with Crippen molar-refractivity contribution in [1.29, 1.82) is 0 Å². The van der Waals surface area contributed by atoms with E-state index in [1.807, 2.05) is 12.1 Å². The number of hydrogen-bond donors (Lipinski definition) is 4. The molecule has 0 amide bonds. The van der Waals surface area contributed by atoms with Gasteiger partial charge >= 0.3 is 11.9 Å². The van der Waals surface area contributed by atoms with Crippen molar-refractivity contribution in [1.82, 2.24) is 0 Å². The number of nitrogens with one attached hydrogen (secondary N) is 2. The molecule has 2 aromatic carbocycles. The van der Waals surface area contributed by atoms with Gasteiger partial charge in [0.1, 0.15) is 0 Å². The van der Waals surface area contributed by atoms with E-state index in [1.165, 1.54) is 0 Å². The second kappa shape index (κ2) is 6.83. The number of carboxylic acid groups (broad SMARTS) is 2. The van der Waals surface area contributed by atoms with Crippen LogP contribution < -0.4 is 10.6 Å². The van der Waals surface area contributed by atoms with E-state index < -0.39 is 11.9 Å². The minimum absolute atomic E-state index is 0.190. The summed E-state index contributed by atoms with van der Waals surface area (Å²) < 4.78 is 0. The lowest BCUT2D eigenvalue weighted by atomic mass is 9.99. The lowest BCUT2D eigenvalue weighted by molar-refractivity contribution is 0.0687. The monoisotopic (exact) mass is 314 g/mol. The number of anilines is 2. The largest absolute Gasteiger partial charge is 0.478 e. The lowest BCUT2D eigenvalue weighted by Crippen LogP contribution is -2.05. The zero-order valence-corrected chi connectivity index (χ0v) is 12.9. The Hall–Kier alpha value is -3.02.